The minimum atomic E-state index is 0.206. The lowest BCUT2D eigenvalue weighted by molar-refractivity contribution is 0.242. The summed E-state index contributed by atoms with van der Waals surface area (Å²) in [6.45, 7) is 2.35. The number of nitrogens with zero attached hydrogens (tertiary/aromatic N) is 5. The van der Waals surface area contributed by atoms with Crippen molar-refractivity contribution in [2.75, 3.05) is 18.0 Å². The van der Waals surface area contributed by atoms with E-state index < -0.39 is 0 Å². The summed E-state index contributed by atoms with van der Waals surface area (Å²) in [7, 11) is 0. The van der Waals surface area contributed by atoms with E-state index in [4.69, 9.17) is 9.26 Å². The van der Waals surface area contributed by atoms with E-state index in [1.807, 2.05) is 24.3 Å². The Morgan fingerprint density at radius 3 is 2.79 bits per heavy atom. The van der Waals surface area contributed by atoms with Crippen LogP contribution in [-0.2, 0) is 6.61 Å². The fraction of sp³-hybridized carbons (Fsp3) is 0.294. The molecule has 3 aromatic heterocycles. The van der Waals surface area contributed by atoms with Gasteiger partial charge >= 0.3 is 0 Å². The molecule has 7 heteroatoms. The van der Waals surface area contributed by atoms with E-state index in [-0.39, 0.29) is 6.61 Å². The molecule has 0 N–H and O–H groups in total. The van der Waals surface area contributed by atoms with Crippen LogP contribution in [0.5, 0.6) is 5.75 Å². The SMILES string of the molecule is c1cncc(OCc2nc(-c3ccc(N4CCCC4)nc3)no2)c1. The van der Waals surface area contributed by atoms with Gasteiger partial charge in [-0.15, -0.1) is 0 Å². The molecule has 7 nitrogen and oxygen atoms in total. The molecule has 3 aromatic rings. The van der Waals surface area contributed by atoms with E-state index in [1.165, 1.54) is 12.8 Å². The van der Waals surface area contributed by atoms with Crippen molar-refractivity contribution in [3.63, 3.8) is 0 Å². The number of anilines is 1. The highest BCUT2D eigenvalue weighted by molar-refractivity contribution is 5.56. The second-order valence-electron chi connectivity index (χ2n) is 5.59. The average Bonchev–Trinajstić information content (AvgIpc) is 3.33. The number of hydrogen-bond acceptors (Lipinski definition) is 7. The Morgan fingerprint density at radius 2 is 2.04 bits per heavy atom. The summed E-state index contributed by atoms with van der Waals surface area (Å²) in [5.74, 6) is 2.59. The largest absolute Gasteiger partial charge is 0.482 e. The van der Waals surface area contributed by atoms with Crippen LogP contribution in [0.2, 0.25) is 0 Å². The molecule has 4 rings (SSSR count). The first-order valence-electron chi connectivity index (χ1n) is 7.95. The standard InChI is InChI=1S/C17H17N5O2/c1-2-9-22(8-1)15-6-5-13(10-19-15)17-20-16(24-21-17)12-23-14-4-3-7-18-11-14/h3-7,10-11H,1-2,8-9,12H2. The van der Waals surface area contributed by atoms with Gasteiger partial charge in [0.15, 0.2) is 6.61 Å². The molecular formula is C17H17N5O2. The second-order valence-corrected chi connectivity index (χ2v) is 5.59. The third-order valence-electron chi connectivity index (χ3n) is 3.90. The van der Waals surface area contributed by atoms with Crippen LogP contribution in [0.3, 0.4) is 0 Å². The van der Waals surface area contributed by atoms with Gasteiger partial charge in [-0.25, -0.2) is 4.98 Å². The molecule has 0 bridgehead atoms. The molecule has 0 saturated carbocycles. The predicted octanol–water partition coefficient (Wildman–Crippen LogP) is 2.71. The zero-order valence-electron chi connectivity index (χ0n) is 13.1. The molecule has 1 aliphatic heterocycles. The maximum Gasteiger partial charge on any atom is 0.264 e. The fourth-order valence-corrected chi connectivity index (χ4v) is 2.66. The molecule has 0 atom stereocenters. The molecule has 0 radical (unpaired) electrons. The first-order valence-corrected chi connectivity index (χ1v) is 7.95. The normalized spacial score (nSPS) is 14.1. The van der Waals surface area contributed by atoms with Gasteiger partial charge in [0.05, 0.1) is 6.20 Å². The molecule has 0 spiro atoms. The molecule has 0 aliphatic carbocycles. The van der Waals surface area contributed by atoms with Crippen LogP contribution in [0.4, 0.5) is 5.82 Å². The number of pyridine rings is 2. The Balaban J connectivity index is 1.42. The Kier molecular flexibility index (Phi) is 4.05. The first-order chi connectivity index (χ1) is 11.9. The predicted molar refractivity (Wildman–Crippen MR) is 87.5 cm³/mol. The highest BCUT2D eigenvalue weighted by Gasteiger charge is 2.14. The van der Waals surface area contributed by atoms with Crippen LogP contribution in [0.15, 0.2) is 47.4 Å². The number of rotatable bonds is 5. The number of hydrogen-bond donors (Lipinski definition) is 0. The van der Waals surface area contributed by atoms with Gasteiger partial charge in [-0.1, -0.05) is 5.16 Å². The average molecular weight is 323 g/mol. The van der Waals surface area contributed by atoms with Crippen LogP contribution >= 0.6 is 0 Å². The molecule has 122 valence electrons. The van der Waals surface area contributed by atoms with Gasteiger partial charge in [0.25, 0.3) is 5.89 Å². The molecule has 0 aromatic carbocycles. The van der Waals surface area contributed by atoms with Gasteiger partial charge in [-0.3, -0.25) is 4.98 Å². The summed E-state index contributed by atoms with van der Waals surface area (Å²) < 4.78 is 10.8. The molecule has 1 fully saturated rings. The lowest BCUT2D eigenvalue weighted by atomic mass is 10.2. The third-order valence-corrected chi connectivity index (χ3v) is 3.90. The number of aromatic nitrogens is 4. The van der Waals surface area contributed by atoms with Gasteiger partial charge in [0.1, 0.15) is 11.6 Å². The van der Waals surface area contributed by atoms with Gasteiger partial charge in [-0.05, 0) is 37.1 Å². The summed E-state index contributed by atoms with van der Waals surface area (Å²) in [6, 6.07) is 7.60. The highest BCUT2D eigenvalue weighted by atomic mass is 16.5. The molecule has 1 saturated heterocycles. The summed E-state index contributed by atoms with van der Waals surface area (Å²) >= 11 is 0. The van der Waals surface area contributed by atoms with Crippen LogP contribution in [0.1, 0.15) is 18.7 Å². The van der Waals surface area contributed by atoms with Crippen molar-refractivity contribution in [3.05, 3.63) is 48.7 Å². The highest BCUT2D eigenvalue weighted by Crippen LogP contribution is 2.21. The maximum absolute atomic E-state index is 5.55. The minimum absolute atomic E-state index is 0.206. The van der Waals surface area contributed by atoms with Crippen LogP contribution < -0.4 is 9.64 Å². The van der Waals surface area contributed by atoms with Crippen LogP contribution in [0.25, 0.3) is 11.4 Å². The molecule has 24 heavy (non-hydrogen) atoms. The molecule has 1 aliphatic rings. The lowest BCUT2D eigenvalue weighted by Crippen LogP contribution is -2.18. The quantitative estimate of drug-likeness (QED) is 0.714. The monoisotopic (exact) mass is 323 g/mol. The van der Waals surface area contributed by atoms with Crippen molar-refractivity contribution in [2.45, 2.75) is 19.4 Å². The zero-order valence-corrected chi connectivity index (χ0v) is 13.1. The van der Waals surface area contributed by atoms with Crippen molar-refractivity contribution in [3.8, 4) is 17.1 Å². The van der Waals surface area contributed by atoms with Gasteiger partial charge < -0.3 is 14.2 Å². The van der Waals surface area contributed by atoms with Crippen molar-refractivity contribution >= 4 is 5.82 Å². The number of ether oxygens (including phenoxy) is 1. The summed E-state index contributed by atoms with van der Waals surface area (Å²) in [4.78, 5) is 15.1. The van der Waals surface area contributed by atoms with E-state index in [9.17, 15) is 0 Å². The van der Waals surface area contributed by atoms with Gasteiger partial charge in [0.2, 0.25) is 5.82 Å². The Hall–Kier alpha value is -2.96. The van der Waals surface area contributed by atoms with Crippen LogP contribution in [0, 0.1) is 0 Å². The van der Waals surface area contributed by atoms with E-state index in [0.29, 0.717) is 17.5 Å². The Bertz CT molecular complexity index is 782. The van der Waals surface area contributed by atoms with Crippen molar-refractivity contribution in [2.24, 2.45) is 0 Å². The van der Waals surface area contributed by atoms with Crippen molar-refractivity contribution in [1.29, 1.82) is 0 Å². The second kappa shape index (κ2) is 6.66. The van der Waals surface area contributed by atoms with Crippen molar-refractivity contribution < 1.29 is 9.26 Å². The smallest absolute Gasteiger partial charge is 0.264 e. The zero-order chi connectivity index (χ0) is 16.2. The fourth-order valence-electron chi connectivity index (χ4n) is 2.66. The Labute approximate surface area is 139 Å². The van der Waals surface area contributed by atoms with Gasteiger partial charge in [0, 0.05) is 31.0 Å². The maximum atomic E-state index is 5.55. The van der Waals surface area contributed by atoms with E-state index in [0.717, 1.165) is 24.5 Å². The third kappa shape index (κ3) is 3.19. The van der Waals surface area contributed by atoms with E-state index >= 15 is 0 Å². The van der Waals surface area contributed by atoms with E-state index in [2.05, 4.69) is 25.0 Å². The Morgan fingerprint density at radius 1 is 1.12 bits per heavy atom. The summed E-state index contributed by atoms with van der Waals surface area (Å²) in [6.07, 6.45) is 7.57. The molecule has 4 heterocycles. The minimum Gasteiger partial charge on any atom is -0.482 e. The van der Waals surface area contributed by atoms with E-state index in [1.54, 1.807) is 18.6 Å². The first kappa shape index (κ1) is 14.6. The molecule has 0 unspecified atom stereocenters. The van der Waals surface area contributed by atoms with Crippen LogP contribution in [-0.4, -0.2) is 33.2 Å². The molecular weight excluding hydrogens is 306 g/mol. The lowest BCUT2D eigenvalue weighted by Gasteiger charge is -2.15. The van der Waals surface area contributed by atoms with Crippen molar-refractivity contribution in [1.82, 2.24) is 20.1 Å². The molecule has 0 amide bonds. The summed E-state index contributed by atoms with van der Waals surface area (Å²) in [5.41, 5.74) is 0.828. The topological polar surface area (TPSA) is 77.2 Å². The summed E-state index contributed by atoms with van der Waals surface area (Å²) in [5, 5.41) is 3.99. The van der Waals surface area contributed by atoms with Gasteiger partial charge in [-0.2, -0.15) is 4.98 Å².